The molecule has 0 saturated carbocycles. The zero-order valence-electron chi connectivity index (χ0n) is 2.34. The summed E-state index contributed by atoms with van der Waals surface area (Å²) in [5.41, 5.74) is 0. The lowest BCUT2D eigenvalue weighted by Gasteiger charge is -0.270. The molecule has 0 saturated heterocycles. The van der Waals surface area contributed by atoms with Gasteiger partial charge in [0.2, 0.25) is 0 Å². The van der Waals surface area contributed by atoms with Gasteiger partial charge in [-0.3, -0.25) is 18.8 Å². The van der Waals surface area contributed by atoms with Gasteiger partial charge in [-0.15, -0.1) is 0 Å². The van der Waals surface area contributed by atoms with Gasteiger partial charge < -0.3 is 0 Å². The van der Waals surface area contributed by atoms with E-state index in [9.17, 15) is 0 Å². The standard InChI is InChI=1S/BH3.4FH.H3P/h1H3;4*1H;1H3. The molecule has 6 heteroatoms. The van der Waals surface area contributed by atoms with Gasteiger partial charge in [-0.2, -0.15) is 9.90 Å². The summed E-state index contributed by atoms with van der Waals surface area (Å²) in [7, 11) is 0. The monoisotopic (exact) mass is 128 g/mol. The highest BCUT2D eigenvalue weighted by atomic mass is 31.0. The second-order valence-corrected chi connectivity index (χ2v) is 0. The molecule has 0 radical (unpaired) electrons. The minimum Gasteiger partial charge on any atom is -0.269 e. The van der Waals surface area contributed by atoms with Gasteiger partial charge >= 0.3 is 0 Å². The molecule has 1 atom stereocenters. The van der Waals surface area contributed by atoms with Gasteiger partial charge in [0, 0.05) is 0 Å². The zero-order chi connectivity index (χ0) is 0. The normalized spacial score (nSPS) is 0. The number of halogens is 4. The molecule has 0 bridgehead atoms. The average molecular weight is 128 g/mol. The van der Waals surface area contributed by atoms with E-state index in [1.165, 1.54) is 0 Å². The third-order valence-corrected chi connectivity index (χ3v) is 0. The summed E-state index contributed by atoms with van der Waals surface area (Å²) in [4.78, 5) is 0. The zero-order valence-corrected chi connectivity index (χ0v) is 3.75. The van der Waals surface area contributed by atoms with Crippen molar-refractivity contribution in [3.05, 3.63) is 0 Å². The molecule has 0 aliphatic carbocycles. The Hall–Kier alpha value is 0.215. The summed E-state index contributed by atoms with van der Waals surface area (Å²) in [6.07, 6.45) is 0. The molecule has 0 aromatic rings. The van der Waals surface area contributed by atoms with Crippen LogP contribution in [-0.2, 0) is 0 Å². The summed E-state index contributed by atoms with van der Waals surface area (Å²) in [5.74, 6) is 0. The van der Waals surface area contributed by atoms with E-state index in [1.807, 2.05) is 0 Å². The maximum Gasteiger partial charge on any atom is 0.0814 e. The van der Waals surface area contributed by atoms with E-state index >= 15 is 0 Å². The molecule has 0 spiro atoms. The third kappa shape index (κ3) is 943. The highest BCUT2D eigenvalue weighted by Gasteiger charge is 0.0814. The van der Waals surface area contributed by atoms with Crippen LogP contribution in [0.2, 0.25) is 0 Å². The van der Waals surface area contributed by atoms with Crippen LogP contribution in [0.1, 0.15) is 0 Å². The lowest BCUT2D eigenvalue weighted by atomic mass is 10.8. The molecule has 0 N–H and O–H groups in total. The quantitative estimate of drug-likeness (QED) is 0.234. The molecular formula is H10BF4P. The van der Waals surface area contributed by atoms with Crippen LogP contribution in [0.5, 0.6) is 0 Å². The van der Waals surface area contributed by atoms with Gasteiger partial charge in [0.1, 0.15) is 0 Å². The Balaban J connectivity index is 0. The van der Waals surface area contributed by atoms with Crippen LogP contribution in [-0.4, -0.2) is 8.41 Å². The van der Waals surface area contributed by atoms with Crippen LogP contribution in [0.3, 0.4) is 0 Å². The van der Waals surface area contributed by atoms with Crippen molar-refractivity contribution < 1.29 is 18.8 Å². The van der Waals surface area contributed by atoms with Gasteiger partial charge in [0.15, 0.2) is 0 Å². The predicted octanol–water partition coefficient (Wildman–Crippen LogP) is -0.516. The van der Waals surface area contributed by atoms with Crippen LogP contribution in [0.15, 0.2) is 0 Å². The van der Waals surface area contributed by atoms with E-state index in [-0.39, 0.29) is 37.1 Å². The van der Waals surface area contributed by atoms with Crippen LogP contribution >= 0.6 is 9.90 Å². The summed E-state index contributed by atoms with van der Waals surface area (Å²) in [6, 6.07) is 0. The molecule has 0 aromatic heterocycles. The van der Waals surface area contributed by atoms with Crippen molar-refractivity contribution in [2.24, 2.45) is 0 Å². The Morgan fingerprint density at radius 2 is 0.500 bits per heavy atom. The maximum absolute atomic E-state index is 0. The highest BCUT2D eigenvalue weighted by molar-refractivity contribution is 6.92. The van der Waals surface area contributed by atoms with Crippen LogP contribution in [0.25, 0.3) is 0 Å². The first-order valence-corrected chi connectivity index (χ1v) is 0. The van der Waals surface area contributed by atoms with Gasteiger partial charge in [0.25, 0.3) is 0 Å². The highest BCUT2D eigenvalue weighted by Crippen LogP contribution is 0.861. The van der Waals surface area contributed by atoms with Crippen molar-refractivity contribution in [1.82, 2.24) is 0 Å². The molecule has 0 amide bonds. The van der Waals surface area contributed by atoms with Crippen molar-refractivity contribution in [3.63, 3.8) is 0 Å². The molecule has 0 heterocycles. The second-order valence-electron chi connectivity index (χ2n) is 0. The fraction of sp³-hybridized carbons (Fsp3) is 0. The van der Waals surface area contributed by atoms with Crippen LogP contribution < -0.4 is 0 Å². The average Bonchev–Trinajstić information content (AvgIpc) is 0. The Morgan fingerprint density at radius 3 is 0.500 bits per heavy atom. The lowest BCUT2D eigenvalue weighted by molar-refractivity contribution is 1.11. The van der Waals surface area contributed by atoms with Crippen molar-refractivity contribution in [1.29, 1.82) is 0 Å². The van der Waals surface area contributed by atoms with Crippen LogP contribution in [0, 0.1) is 0 Å². The molecule has 0 rings (SSSR count). The van der Waals surface area contributed by atoms with E-state index in [2.05, 4.69) is 0 Å². The lowest BCUT2D eigenvalue weighted by Crippen LogP contribution is -0.381. The van der Waals surface area contributed by atoms with E-state index in [1.54, 1.807) is 0 Å². The van der Waals surface area contributed by atoms with Gasteiger partial charge in [-0.1, -0.05) is 0 Å². The number of hydrogen-bond acceptors (Lipinski definition) is 0. The first kappa shape index (κ1) is 3660. The summed E-state index contributed by atoms with van der Waals surface area (Å²) in [5, 5.41) is 0. The van der Waals surface area contributed by atoms with Gasteiger partial charge in [-0.05, 0) is 0 Å². The van der Waals surface area contributed by atoms with Gasteiger partial charge in [0.05, 0.1) is 8.41 Å². The molecule has 1 unspecified atom stereocenters. The minimum absolute atomic E-state index is 0. The molecular weight excluding hydrogens is 118 g/mol. The first-order valence-electron chi connectivity index (χ1n) is 0. The Labute approximate surface area is 38.4 Å². The van der Waals surface area contributed by atoms with Crippen molar-refractivity contribution in [3.8, 4) is 0 Å². The number of hydrogen-bond donors (Lipinski definition) is 0. The Bertz CT molecular complexity index is 7.51. The molecule has 0 aliphatic rings. The molecule has 0 nitrogen and oxygen atoms in total. The topological polar surface area (TPSA) is 0 Å². The first-order chi connectivity index (χ1) is 0. The Morgan fingerprint density at radius 1 is 0.500 bits per heavy atom. The summed E-state index contributed by atoms with van der Waals surface area (Å²) >= 11 is 0. The minimum atomic E-state index is 0. The molecule has 0 fully saturated rings. The maximum atomic E-state index is 0. The van der Waals surface area contributed by atoms with E-state index in [4.69, 9.17) is 0 Å². The Kier molecular flexibility index (Phi) is 1220000. The SMILES string of the molecule is B.F.F.F.F.P. The van der Waals surface area contributed by atoms with Crippen molar-refractivity contribution in [2.45, 2.75) is 0 Å². The van der Waals surface area contributed by atoms with Crippen LogP contribution in [0.4, 0.5) is 18.8 Å². The third-order valence-electron chi connectivity index (χ3n) is 0. The molecule has 0 aliphatic heterocycles. The van der Waals surface area contributed by atoms with Gasteiger partial charge in [-0.25, -0.2) is 0 Å². The largest absolute Gasteiger partial charge is 0.269 e. The van der Waals surface area contributed by atoms with E-state index < -0.39 is 0 Å². The van der Waals surface area contributed by atoms with Crippen molar-refractivity contribution in [2.75, 3.05) is 0 Å². The molecule has 46 valence electrons. The fourth-order valence-corrected chi connectivity index (χ4v) is 0. The van der Waals surface area contributed by atoms with E-state index in [0.29, 0.717) is 0 Å². The van der Waals surface area contributed by atoms with Crippen molar-refractivity contribution >= 4 is 18.3 Å². The second kappa shape index (κ2) is 2010. The predicted molar refractivity (Wildman–Crippen MR) is 31.1 cm³/mol. The summed E-state index contributed by atoms with van der Waals surface area (Å²) < 4.78 is 0. The van der Waals surface area contributed by atoms with E-state index in [0.717, 1.165) is 0 Å². The summed E-state index contributed by atoms with van der Waals surface area (Å²) in [6.45, 7) is 0. The molecule has 0 aromatic carbocycles. The smallest absolute Gasteiger partial charge is 0.0814 e. The number of rotatable bonds is 0. The molecule has 6 heavy (non-hydrogen) atoms. The fourth-order valence-electron chi connectivity index (χ4n) is 0.